The molecule has 0 aliphatic carbocycles. The van der Waals surface area contributed by atoms with E-state index in [1.165, 1.54) is 5.06 Å². The Morgan fingerprint density at radius 2 is 1.68 bits per heavy atom. The summed E-state index contributed by atoms with van der Waals surface area (Å²) in [6.45, 7) is 14.1. The van der Waals surface area contributed by atoms with Gasteiger partial charge in [0.1, 0.15) is 5.78 Å². The molecule has 0 aromatic carbocycles. The number of nitrogens with zero attached hydrogens (tertiary/aromatic N) is 1. The van der Waals surface area contributed by atoms with Crippen LogP contribution in [0.2, 0.25) is 0 Å². The van der Waals surface area contributed by atoms with Crippen molar-refractivity contribution in [1.29, 1.82) is 0 Å². The van der Waals surface area contributed by atoms with E-state index in [4.69, 9.17) is 4.74 Å². The molecule has 1 N–H and O–H groups in total. The predicted molar refractivity (Wildman–Crippen MR) is 98.4 cm³/mol. The predicted octanol–water partition coefficient (Wildman–Crippen LogP) is 4.36. The number of ketones is 1. The van der Waals surface area contributed by atoms with Gasteiger partial charge in [-0.05, 0) is 73.1 Å². The molecule has 5 nitrogen and oxygen atoms in total. The van der Waals surface area contributed by atoms with Crippen LogP contribution < -0.4 is 0 Å². The van der Waals surface area contributed by atoms with Gasteiger partial charge < -0.3 is 9.94 Å². The number of hydrogen-bond acceptors (Lipinski definition) is 5. The lowest BCUT2D eigenvalue weighted by atomic mass is 9.73. The zero-order valence-corrected chi connectivity index (χ0v) is 17.1. The van der Waals surface area contributed by atoms with Crippen LogP contribution in [0.25, 0.3) is 0 Å². The lowest BCUT2D eigenvalue weighted by Gasteiger charge is -2.51. The van der Waals surface area contributed by atoms with Crippen LogP contribution in [0.3, 0.4) is 0 Å². The number of esters is 1. The Balaban J connectivity index is 2.39. The summed E-state index contributed by atoms with van der Waals surface area (Å²) in [5.41, 5.74) is -1.11. The highest BCUT2D eigenvalue weighted by Crippen LogP contribution is 2.41. The molecule has 0 aromatic heterocycles. The van der Waals surface area contributed by atoms with Crippen LogP contribution in [0.1, 0.15) is 87.0 Å². The van der Waals surface area contributed by atoms with Crippen molar-refractivity contribution in [3.05, 3.63) is 0 Å². The van der Waals surface area contributed by atoms with E-state index in [9.17, 15) is 14.8 Å². The van der Waals surface area contributed by atoms with Crippen LogP contribution in [0, 0.1) is 11.3 Å². The number of Topliss-reactive ketones (excluding diaryl/α,β-unsaturated/α-hetero) is 1. The third-order valence-corrected chi connectivity index (χ3v) is 5.51. The van der Waals surface area contributed by atoms with Crippen LogP contribution in [-0.2, 0) is 14.3 Å². The number of hydrogen-bond donors (Lipinski definition) is 1. The Morgan fingerprint density at radius 1 is 1.16 bits per heavy atom. The van der Waals surface area contributed by atoms with E-state index in [0.717, 1.165) is 19.3 Å². The molecule has 0 saturated carbocycles. The quantitative estimate of drug-likeness (QED) is 0.517. The van der Waals surface area contributed by atoms with Gasteiger partial charge in [-0.1, -0.05) is 6.92 Å². The van der Waals surface area contributed by atoms with E-state index >= 15 is 0 Å². The van der Waals surface area contributed by atoms with Crippen molar-refractivity contribution >= 4 is 11.8 Å². The van der Waals surface area contributed by atoms with Crippen LogP contribution in [0.5, 0.6) is 0 Å². The van der Waals surface area contributed by atoms with E-state index in [-0.39, 0.29) is 28.7 Å². The summed E-state index contributed by atoms with van der Waals surface area (Å²) in [6, 6.07) is 0. The van der Waals surface area contributed by atoms with Crippen LogP contribution in [0.4, 0.5) is 0 Å². The summed E-state index contributed by atoms with van der Waals surface area (Å²) < 4.78 is 5.29. The van der Waals surface area contributed by atoms with Gasteiger partial charge in [-0.25, -0.2) is 0 Å². The minimum absolute atomic E-state index is 0.193. The highest BCUT2D eigenvalue weighted by molar-refractivity contribution is 5.79. The van der Waals surface area contributed by atoms with Gasteiger partial charge in [0.2, 0.25) is 0 Å². The van der Waals surface area contributed by atoms with E-state index < -0.39 is 5.41 Å². The molecule has 0 spiro atoms. The Labute approximate surface area is 153 Å². The maximum atomic E-state index is 12.3. The first-order valence-corrected chi connectivity index (χ1v) is 9.50. The van der Waals surface area contributed by atoms with Gasteiger partial charge in [-0.15, -0.1) is 0 Å². The van der Waals surface area contributed by atoms with Gasteiger partial charge in [-0.2, -0.15) is 5.06 Å². The Hall–Kier alpha value is -0.940. The lowest BCUT2D eigenvalue weighted by molar-refractivity contribution is -0.251. The molecular weight excluding hydrogens is 318 g/mol. The summed E-state index contributed by atoms with van der Waals surface area (Å²) in [6.07, 6.45) is 3.90. The van der Waals surface area contributed by atoms with E-state index in [1.54, 1.807) is 0 Å². The number of carbonyl (C=O) groups is 2. The molecule has 5 heteroatoms. The number of piperidine rings is 1. The smallest absolute Gasteiger partial charge is 0.311 e. The number of carbonyl (C=O) groups excluding carboxylic acids is 2. The molecule has 1 fully saturated rings. The van der Waals surface area contributed by atoms with Gasteiger partial charge in [-0.3, -0.25) is 9.59 Å². The highest BCUT2D eigenvalue weighted by atomic mass is 16.5. The first-order chi connectivity index (χ1) is 11.3. The van der Waals surface area contributed by atoms with Gasteiger partial charge in [0.05, 0.1) is 12.0 Å². The Morgan fingerprint density at radius 3 is 2.16 bits per heavy atom. The second kappa shape index (κ2) is 8.17. The molecule has 1 aliphatic rings. The molecule has 0 amide bonds. The molecule has 25 heavy (non-hydrogen) atoms. The summed E-state index contributed by atoms with van der Waals surface area (Å²) in [4.78, 5) is 24.2. The fraction of sp³-hybridized carbons (Fsp3) is 0.900. The summed E-state index contributed by atoms with van der Waals surface area (Å²) in [7, 11) is 0. The van der Waals surface area contributed by atoms with Crippen molar-refractivity contribution in [3.63, 3.8) is 0 Å². The zero-order valence-electron chi connectivity index (χ0n) is 17.1. The lowest BCUT2D eigenvalue weighted by Crippen LogP contribution is -2.59. The maximum Gasteiger partial charge on any atom is 0.311 e. The van der Waals surface area contributed by atoms with Crippen molar-refractivity contribution in [2.45, 2.75) is 98.1 Å². The first-order valence-electron chi connectivity index (χ1n) is 9.50. The van der Waals surface area contributed by atoms with E-state index in [0.29, 0.717) is 25.9 Å². The Bertz CT molecular complexity index is 464. The molecule has 0 atom stereocenters. The first kappa shape index (κ1) is 22.1. The molecule has 146 valence electrons. The fourth-order valence-corrected chi connectivity index (χ4v) is 3.82. The van der Waals surface area contributed by atoms with Crippen LogP contribution in [-0.4, -0.2) is 39.7 Å². The van der Waals surface area contributed by atoms with Crippen molar-refractivity contribution in [2.75, 3.05) is 6.61 Å². The minimum Gasteiger partial charge on any atom is -0.465 e. The SMILES string of the molecule is CCC(C)(C)C(=O)OCCCC(=O)CC1CC(C)(C)N(O)C(C)(C)C1. The topological polar surface area (TPSA) is 66.8 Å². The normalized spacial score (nSPS) is 21.1. The Kier molecular flexibility index (Phi) is 7.22. The maximum absolute atomic E-state index is 12.3. The van der Waals surface area contributed by atoms with Crippen LogP contribution >= 0.6 is 0 Å². The summed E-state index contributed by atoms with van der Waals surface area (Å²) in [5, 5.41) is 11.8. The largest absolute Gasteiger partial charge is 0.465 e. The summed E-state index contributed by atoms with van der Waals surface area (Å²) >= 11 is 0. The molecule has 0 bridgehead atoms. The average Bonchev–Trinajstić information content (AvgIpc) is 2.48. The van der Waals surface area contributed by atoms with Gasteiger partial charge in [0.25, 0.3) is 0 Å². The number of ether oxygens (including phenoxy) is 1. The van der Waals surface area contributed by atoms with Crippen molar-refractivity contribution in [3.8, 4) is 0 Å². The van der Waals surface area contributed by atoms with Gasteiger partial charge in [0, 0.05) is 23.9 Å². The van der Waals surface area contributed by atoms with E-state index in [2.05, 4.69) is 0 Å². The van der Waals surface area contributed by atoms with Crippen molar-refractivity contribution in [2.24, 2.45) is 11.3 Å². The second-order valence-corrected chi connectivity index (χ2v) is 9.43. The zero-order chi connectivity index (χ0) is 19.5. The fourth-order valence-electron chi connectivity index (χ4n) is 3.82. The molecule has 1 aliphatic heterocycles. The highest BCUT2D eigenvalue weighted by Gasteiger charge is 2.45. The minimum atomic E-state index is -0.459. The number of hydroxylamine groups is 2. The molecule has 1 rings (SSSR count). The third-order valence-electron chi connectivity index (χ3n) is 5.51. The molecule has 1 saturated heterocycles. The van der Waals surface area contributed by atoms with Gasteiger partial charge in [0.15, 0.2) is 0 Å². The molecule has 0 aromatic rings. The third kappa shape index (κ3) is 6.07. The van der Waals surface area contributed by atoms with Crippen molar-refractivity contribution in [1.82, 2.24) is 5.06 Å². The van der Waals surface area contributed by atoms with E-state index in [1.807, 2.05) is 48.5 Å². The van der Waals surface area contributed by atoms with Crippen molar-refractivity contribution < 1.29 is 19.5 Å². The number of rotatable bonds is 8. The van der Waals surface area contributed by atoms with Gasteiger partial charge >= 0.3 is 5.97 Å². The second-order valence-electron chi connectivity index (χ2n) is 9.43. The molecular formula is C20H37NO4. The molecule has 0 unspecified atom stereocenters. The standard InChI is InChI=1S/C20H37NO4/c1-8-18(2,3)17(23)25-11-9-10-16(22)12-15-13-19(4,5)21(24)20(6,7)14-15/h15,24H,8-14H2,1-7H3. The summed E-state index contributed by atoms with van der Waals surface area (Å²) in [5.74, 6) is 0.303. The molecule has 0 radical (unpaired) electrons. The average molecular weight is 356 g/mol. The monoisotopic (exact) mass is 355 g/mol. The van der Waals surface area contributed by atoms with Crippen LogP contribution in [0.15, 0.2) is 0 Å². The molecule has 1 heterocycles.